The van der Waals surface area contributed by atoms with Crippen LogP contribution in [0.15, 0.2) is 4.99 Å². The summed E-state index contributed by atoms with van der Waals surface area (Å²) in [6.45, 7) is 9.84. The van der Waals surface area contributed by atoms with E-state index in [9.17, 15) is 0 Å². The Bertz CT molecular complexity index is 119. The summed E-state index contributed by atoms with van der Waals surface area (Å²) in [5.41, 5.74) is 0.348. The quantitative estimate of drug-likeness (QED) is 0.440. The van der Waals surface area contributed by atoms with Crippen LogP contribution in [0, 0.1) is 5.41 Å². The van der Waals surface area contributed by atoms with Gasteiger partial charge in [-0.3, -0.25) is 4.99 Å². The molecule has 0 atom stereocenters. The first-order valence-electron chi connectivity index (χ1n) is 5.04. The van der Waals surface area contributed by atoms with Crippen molar-refractivity contribution in [1.29, 1.82) is 0 Å². The zero-order valence-corrected chi connectivity index (χ0v) is 9.06. The highest BCUT2D eigenvalue weighted by Crippen LogP contribution is 2.12. The molecule has 0 bridgehead atoms. The molecule has 0 saturated heterocycles. The van der Waals surface area contributed by atoms with Crippen LogP contribution < -0.4 is 0 Å². The molecule has 72 valence electrons. The fraction of sp³-hybridized carbons (Fsp3) is 0.909. The van der Waals surface area contributed by atoms with E-state index in [0.29, 0.717) is 5.41 Å². The average molecular weight is 169 g/mol. The van der Waals surface area contributed by atoms with Crippen LogP contribution in [-0.2, 0) is 0 Å². The van der Waals surface area contributed by atoms with Crippen molar-refractivity contribution in [3.8, 4) is 0 Å². The summed E-state index contributed by atoms with van der Waals surface area (Å²) in [4.78, 5) is 4.39. The molecule has 0 radical (unpaired) electrons. The molecule has 0 rings (SSSR count). The molecule has 0 saturated carbocycles. The maximum Gasteiger partial charge on any atom is 0.0433 e. The van der Waals surface area contributed by atoms with Crippen molar-refractivity contribution in [1.82, 2.24) is 0 Å². The lowest BCUT2D eigenvalue weighted by Crippen LogP contribution is -2.09. The van der Waals surface area contributed by atoms with Crippen molar-refractivity contribution in [2.75, 3.05) is 6.54 Å². The Morgan fingerprint density at radius 2 is 1.83 bits per heavy atom. The van der Waals surface area contributed by atoms with Gasteiger partial charge in [0.25, 0.3) is 0 Å². The molecule has 0 spiro atoms. The third-order valence-electron chi connectivity index (χ3n) is 1.63. The molecule has 12 heavy (non-hydrogen) atoms. The summed E-state index contributed by atoms with van der Waals surface area (Å²) in [6.07, 6.45) is 7.17. The maximum atomic E-state index is 4.39. The van der Waals surface area contributed by atoms with Gasteiger partial charge < -0.3 is 0 Å². The second kappa shape index (κ2) is 6.22. The second-order valence-electron chi connectivity index (χ2n) is 4.58. The van der Waals surface area contributed by atoms with Gasteiger partial charge in [0.05, 0.1) is 0 Å². The Kier molecular flexibility index (Phi) is 6.04. The van der Waals surface area contributed by atoms with Crippen LogP contribution >= 0.6 is 0 Å². The van der Waals surface area contributed by atoms with Gasteiger partial charge in [0, 0.05) is 6.54 Å². The monoisotopic (exact) mass is 169 g/mol. The highest BCUT2D eigenvalue weighted by molar-refractivity contribution is 5.56. The van der Waals surface area contributed by atoms with Gasteiger partial charge in [-0.05, 0) is 24.5 Å². The fourth-order valence-electron chi connectivity index (χ4n) is 0.915. The lowest BCUT2D eigenvalue weighted by Gasteiger charge is -2.13. The summed E-state index contributed by atoms with van der Waals surface area (Å²) in [6, 6.07) is 0. The first-order chi connectivity index (χ1) is 5.56. The average Bonchev–Trinajstić information content (AvgIpc) is 1.94. The van der Waals surface area contributed by atoms with Crippen molar-refractivity contribution in [2.45, 2.75) is 53.4 Å². The topological polar surface area (TPSA) is 12.4 Å². The summed E-state index contributed by atoms with van der Waals surface area (Å²) < 4.78 is 0. The molecule has 0 aromatic carbocycles. The van der Waals surface area contributed by atoms with Crippen LogP contribution in [0.3, 0.4) is 0 Å². The van der Waals surface area contributed by atoms with E-state index in [1.807, 2.05) is 0 Å². The lowest BCUT2D eigenvalue weighted by atomic mass is 9.97. The normalized spacial score (nSPS) is 12.7. The van der Waals surface area contributed by atoms with Gasteiger partial charge in [0.2, 0.25) is 0 Å². The largest absolute Gasteiger partial charge is 0.297 e. The molecule has 0 aromatic rings. The Balaban J connectivity index is 3.26. The van der Waals surface area contributed by atoms with Crippen molar-refractivity contribution in [3.63, 3.8) is 0 Å². The molecular formula is C11H23N. The van der Waals surface area contributed by atoms with Crippen LogP contribution in [0.25, 0.3) is 0 Å². The summed E-state index contributed by atoms with van der Waals surface area (Å²) in [5, 5.41) is 0. The predicted octanol–water partition coefficient (Wildman–Crippen LogP) is 3.68. The van der Waals surface area contributed by atoms with Crippen LogP contribution in [0.1, 0.15) is 53.4 Å². The Morgan fingerprint density at radius 3 is 2.33 bits per heavy atom. The number of hydrogen-bond acceptors (Lipinski definition) is 1. The second-order valence-corrected chi connectivity index (χ2v) is 4.58. The van der Waals surface area contributed by atoms with E-state index < -0.39 is 0 Å². The minimum Gasteiger partial charge on any atom is -0.297 e. The maximum absolute atomic E-state index is 4.39. The number of aliphatic imine (C=N–C) groups is 1. The highest BCUT2D eigenvalue weighted by Gasteiger charge is 2.06. The van der Waals surface area contributed by atoms with Gasteiger partial charge in [-0.15, -0.1) is 0 Å². The lowest BCUT2D eigenvalue weighted by molar-refractivity contribution is 0.430. The van der Waals surface area contributed by atoms with E-state index >= 15 is 0 Å². The Morgan fingerprint density at radius 1 is 1.17 bits per heavy atom. The molecule has 0 fully saturated rings. The fourth-order valence-corrected chi connectivity index (χ4v) is 0.915. The molecule has 0 heterocycles. The zero-order valence-electron chi connectivity index (χ0n) is 9.06. The summed E-state index contributed by atoms with van der Waals surface area (Å²) in [5.74, 6) is 0. The van der Waals surface area contributed by atoms with Gasteiger partial charge in [0.15, 0.2) is 0 Å². The zero-order chi connectivity index (χ0) is 9.45. The van der Waals surface area contributed by atoms with E-state index in [0.717, 1.165) is 13.0 Å². The van der Waals surface area contributed by atoms with E-state index in [1.165, 1.54) is 19.3 Å². The smallest absolute Gasteiger partial charge is 0.0433 e. The van der Waals surface area contributed by atoms with Gasteiger partial charge in [-0.1, -0.05) is 40.5 Å². The minimum absolute atomic E-state index is 0.348. The molecular weight excluding hydrogens is 146 g/mol. The SMILES string of the molecule is CCCCC/C=N/CC(C)(C)C. The number of unbranched alkanes of at least 4 members (excludes halogenated alkanes) is 3. The Hall–Kier alpha value is -0.330. The van der Waals surface area contributed by atoms with Gasteiger partial charge in [-0.25, -0.2) is 0 Å². The Labute approximate surface area is 77.3 Å². The minimum atomic E-state index is 0.348. The molecule has 0 aliphatic carbocycles. The van der Waals surface area contributed by atoms with Crippen molar-refractivity contribution < 1.29 is 0 Å². The summed E-state index contributed by atoms with van der Waals surface area (Å²) >= 11 is 0. The van der Waals surface area contributed by atoms with Crippen LogP contribution in [0.4, 0.5) is 0 Å². The van der Waals surface area contributed by atoms with Crippen LogP contribution in [-0.4, -0.2) is 12.8 Å². The van der Waals surface area contributed by atoms with Crippen molar-refractivity contribution in [3.05, 3.63) is 0 Å². The van der Waals surface area contributed by atoms with Gasteiger partial charge in [0.1, 0.15) is 0 Å². The first kappa shape index (κ1) is 11.7. The number of hydrogen-bond donors (Lipinski definition) is 0. The predicted molar refractivity (Wildman–Crippen MR) is 57.0 cm³/mol. The first-order valence-corrected chi connectivity index (χ1v) is 5.04. The third kappa shape index (κ3) is 9.67. The highest BCUT2D eigenvalue weighted by atomic mass is 14.7. The molecule has 0 amide bonds. The van der Waals surface area contributed by atoms with Gasteiger partial charge in [-0.2, -0.15) is 0 Å². The molecule has 0 unspecified atom stereocenters. The van der Waals surface area contributed by atoms with E-state index in [-0.39, 0.29) is 0 Å². The number of rotatable bonds is 5. The molecule has 0 N–H and O–H groups in total. The number of nitrogens with zero attached hydrogens (tertiary/aromatic N) is 1. The standard InChI is InChI=1S/C11H23N/c1-5-6-7-8-9-12-10-11(2,3)4/h9H,5-8,10H2,1-4H3/b12-9+. The van der Waals surface area contributed by atoms with Crippen molar-refractivity contribution in [2.24, 2.45) is 10.4 Å². The van der Waals surface area contributed by atoms with E-state index in [1.54, 1.807) is 0 Å². The molecule has 0 aromatic heterocycles. The molecule has 1 nitrogen and oxygen atoms in total. The van der Waals surface area contributed by atoms with Gasteiger partial charge >= 0.3 is 0 Å². The molecule has 1 heteroatoms. The van der Waals surface area contributed by atoms with Crippen LogP contribution in [0.2, 0.25) is 0 Å². The van der Waals surface area contributed by atoms with Crippen LogP contribution in [0.5, 0.6) is 0 Å². The molecule has 0 aliphatic rings. The van der Waals surface area contributed by atoms with E-state index in [4.69, 9.17) is 0 Å². The summed E-state index contributed by atoms with van der Waals surface area (Å²) in [7, 11) is 0. The van der Waals surface area contributed by atoms with Crippen molar-refractivity contribution >= 4 is 6.21 Å². The van der Waals surface area contributed by atoms with E-state index in [2.05, 4.69) is 38.9 Å². The molecule has 0 aliphatic heterocycles. The third-order valence-corrected chi connectivity index (χ3v) is 1.63.